The number of anilines is 1. The van der Waals surface area contributed by atoms with E-state index in [9.17, 15) is 19.5 Å². The fourth-order valence-electron chi connectivity index (χ4n) is 3.28. The van der Waals surface area contributed by atoms with Crippen molar-refractivity contribution in [2.24, 2.45) is 7.05 Å². The Hall–Kier alpha value is -2.48. The molecule has 0 radical (unpaired) electrons. The van der Waals surface area contributed by atoms with Gasteiger partial charge < -0.3 is 14.7 Å². The molecule has 2 aliphatic rings. The van der Waals surface area contributed by atoms with Crippen molar-refractivity contribution in [3.8, 4) is 0 Å². The molecule has 8 heteroatoms. The van der Waals surface area contributed by atoms with Gasteiger partial charge in [-0.15, -0.1) is 0 Å². The summed E-state index contributed by atoms with van der Waals surface area (Å²) in [5.74, 6) is -1.19. The summed E-state index contributed by atoms with van der Waals surface area (Å²) in [6.45, 7) is 3.78. The Bertz CT molecular complexity index is 800. The molecule has 0 atom stereocenters. The summed E-state index contributed by atoms with van der Waals surface area (Å²) in [5, 5.41) is 14.7. The predicted molar refractivity (Wildman–Crippen MR) is 90.7 cm³/mol. The summed E-state index contributed by atoms with van der Waals surface area (Å²) in [4.78, 5) is 38.7. The number of aliphatic hydroxyl groups is 1. The van der Waals surface area contributed by atoms with E-state index in [0.717, 1.165) is 4.68 Å². The number of aromatic nitrogens is 2. The first-order valence-corrected chi connectivity index (χ1v) is 8.32. The molecule has 3 rings (SSSR count). The molecule has 0 spiro atoms. The molecule has 1 saturated carbocycles. The van der Waals surface area contributed by atoms with Crippen molar-refractivity contribution in [3.05, 3.63) is 27.2 Å². The van der Waals surface area contributed by atoms with Crippen LogP contribution in [0.15, 0.2) is 10.4 Å². The van der Waals surface area contributed by atoms with Crippen molar-refractivity contribution in [2.45, 2.75) is 26.2 Å². The van der Waals surface area contributed by atoms with Gasteiger partial charge in [-0.1, -0.05) is 0 Å². The average molecular weight is 347 g/mol. The first-order chi connectivity index (χ1) is 11.9. The maximum absolute atomic E-state index is 12.6. The highest BCUT2D eigenvalue weighted by Gasteiger charge is 2.30. The Kier molecular flexibility index (Phi) is 4.71. The van der Waals surface area contributed by atoms with E-state index >= 15 is 0 Å². The molecule has 1 aromatic rings. The van der Waals surface area contributed by atoms with Gasteiger partial charge in [0, 0.05) is 38.5 Å². The largest absolute Gasteiger partial charge is 0.505 e. The van der Waals surface area contributed by atoms with Gasteiger partial charge >= 0.3 is 0 Å². The second kappa shape index (κ2) is 6.79. The number of hydrogen-bond donors (Lipinski definition) is 1. The minimum atomic E-state index is -0.433. The van der Waals surface area contributed by atoms with Gasteiger partial charge in [0.25, 0.3) is 5.56 Å². The number of ketones is 2. The van der Waals surface area contributed by atoms with Crippen LogP contribution in [0.4, 0.5) is 5.69 Å². The number of nitrogens with zero attached hydrogens (tertiary/aromatic N) is 3. The first kappa shape index (κ1) is 17.3. The quantitative estimate of drug-likeness (QED) is 0.473. The zero-order valence-corrected chi connectivity index (χ0v) is 14.4. The average Bonchev–Trinajstić information content (AvgIpc) is 2.59. The number of carbonyl (C=O) groups excluding carboxylic acids is 2. The smallest absolute Gasteiger partial charge is 0.290 e. The molecule has 1 aromatic heterocycles. The number of morpholine rings is 1. The van der Waals surface area contributed by atoms with Gasteiger partial charge in [0.2, 0.25) is 0 Å². The third kappa shape index (κ3) is 3.09. The zero-order chi connectivity index (χ0) is 18.1. The number of aryl methyl sites for hydroxylation is 1. The van der Waals surface area contributed by atoms with Crippen LogP contribution in [-0.4, -0.2) is 52.8 Å². The van der Waals surface area contributed by atoms with Crippen molar-refractivity contribution in [2.75, 3.05) is 31.2 Å². The number of rotatable bonds is 2. The normalized spacial score (nSPS) is 18.6. The molecule has 0 amide bonds. The zero-order valence-electron chi connectivity index (χ0n) is 14.4. The molecule has 2 fully saturated rings. The maximum Gasteiger partial charge on any atom is 0.290 e. The topological polar surface area (TPSA) is 102 Å². The van der Waals surface area contributed by atoms with E-state index in [4.69, 9.17) is 4.74 Å². The number of hydrogen-bond acceptors (Lipinski definition) is 7. The van der Waals surface area contributed by atoms with Crippen LogP contribution in [-0.2, 0) is 21.4 Å². The number of allylic oxidation sites excluding steroid dienone is 1. The highest BCUT2D eigenvalue weighted by atomic mass is 16.5. The predicted octanol–water partition coefficient (Wildman–Crippen LogP) is 0.517. The lowest BCUT2D eigenvalue weighted by atomic mass is 9.90. The van der Waals surface area contributed by atoms with E-state index in [1.807, 2.05) is 4.90 Å². The number of aliphatic hydroxyl groups excluding tert-OH is 1. The van der Waals surface area contributed by atoms with Crippen LogP contribution in [0.2, 0.25) is 0 Å². The van der Waals surface area contributed by atoms with Crippen molar-refractivity contribution in [3.63, 3.8) is 0 Å². The third-order valence-electron chi connectivity index (χ3n) is 4.61. The van der Waals surface area contributed by atoms with Gasteiger partial charge in [0.1, 0.15) is 17.0 Å². The first-order valence-electron chi connectivity index (χ1n) is 8.32. The van der Waals surface area contributed by atoms with Gasteiger partial charge in [-0.25, -0.2) is 4.68 Å². The molecule has 2 heterocycles. The number of carbonyl (C=O) groups is 2. The molecule has 1 aliphatic heterocycles. The molecule has 25 heavy (non-hydrogen) atoms. The SMILES string of the molecule is Cc1c(C(O)=C2C(=O)CCCC2=O)nn(C)c(=O)c1N1CCOCC1. The van der Waals surface area contributed by atoms with E-state index in [2.05, 4.69) is 5.10 Å². The highest BCUT2D eigenvalue weighted by Crippen LogP contribution is 2.28. The molecule has 1 saturated heterocycles. The molecular weight excluding hydrogens is 326 g/mol. The van der Waals surface area contributed by atoms with Crippen molar-refractivity contribution >= 4 is 23.0 Å². The molecule has 0 bridgehead atoms. The van der Waals surface area contributed by atoms with E-state index in [1.165, 1.54) is 7.05 Å². The Balaban J connectivity index is 2.17. The van der Waals surface area contributed by atoms with E-state index in [0.29, 0.717) is 44.0 Å². The van der Waals surface area contributed by atoms with Gasteiger partial charge in [0.15, 0.2) is 17.3 Å². The molecule has 8 nitrogen and oxygen atoms in total. The van der Waals surface area contributed by atoms with Crippen LogP contribution in [0.1, 0.15) is 30.5 Å². The highest BCUT2D eigenvalue weighted by molar-refractivity contribution is 6.25. The van der Waals surface area contributed by atoms with Crippen LogP contribution >= 0.6 is 0 Å². The van der Waals surface area contributed by atoms with Gasteiger partial charge in [-0.3, -0.25) is 14.4 Å². The Morgan fingerprint density at radius 2 is 1.72 bits per heavy atom. The fraction of sp³-hybridized carbons (Fsp3) is 0.529. The minimum absolute atomic E-state index is 0.0993. The van der Waals surface area contributed by atoms with Crippen LogP contribution in [0.5, 0.6) is 0 Å². The van der Waals surface area contributed by atoms with Gasteiger partial charge in [-0.05, 0) is 13.3 Å². The molecule has 1 aliphatic carbocycles. The monoisotopic (exact) mass is 347 g/mol. The van der Waals surface area contributed by atoms with Crippen LogP contribution in [0, 0.1) is 6.92 Å². The lowest BCUT2D eigenvalue weighted by Crippen LogP contribution is -2.41. The summed E-state index contributed by atoms with van der Waals surface area (Å²) >= 11 is 0. The van der Waals surface area contributed by atoms with E-state index in [-0.39, 0.29) is 41.2 Å². The Morgan fingerprint density at radius 1 is 1.12 bits per heavy atom. The second-order valence-corrected chi connectivity index (χ2v) is 6.27. The lowest BCUT2D eigenvalue weighted by Gasteiger charge is -2.30. The summed E-state index contributed by atoms with van der Waals surface area (Å²) in [5.41, 5.74) is 0.484. The van der Waals surface area contributed by atoms with E-state index in [1.54, 1.807) is 6.92 Å². The standard InChI is InChI=1S/C17H21N3O5/c1-10-14(16(23)13-11(21)4-3-5-12(13)22)18-19(2)17(24)15(10)20-6-8-25-9-7-20/h23H,3-9H2,1-2H3. The molecule has 0 unspecified atom stereocenters. The summed E-state index contributed by atoms with van der Waals surface area (Å²) in [7, 11) is 1.48. The Morgan fingerprint density at radius 3 is 2.32 bits per heavy atom. The molecular formula is C17H21N3O5. The summed E-state index contributed by atoms with van der Waals surface area (Å²) < 4.78 is 6.44. The second-order valence-electron chi connectivity index (χ2n) is 6.27. The number of ether oxygens (including phenoxy) is 1. The third-order valence-corrected chi connectivity index (χ3v) is 4.61. The van der Waals surface area contributed by atoms with E-state index < -0.39 is 5.76 Å². The molecule has 0 aromatic carbocycles. The molecule has 134 valence electrons. The molecule has 1 N–H and O–H groups in total. The van der Waals surface area contributed by atoms with Crippen molar-refractivity contribution in [1.82, 2.24) is 9.78 Å². The summed E-state index contributed by atoms with van der Waals surface area (Å²) in [6, 6.07) is 0. The fourth-order valence-corrected chi connectivity index (χ4v) is 3.28. The van der Waals surface area contributed by atoms with Gasteiger partial charge in [-0.2, -0.15) is 5.10 Å². The van der Waals surface area contributed by atoms with Gasteiger partial charge in [0.05, 0.1) is 13.2 Å². The lowest BCUT2D eigenvalue weighted by molar-refractivity contribution is -0.123. The summed E-state index contributed by atoms with van der Waals surface area (Å²) in [6.07, 6.45) is 0.950. The maximum atomic E-state index is 12.6. The van der Waals surface area contributed by atoms with Crippen LogP contribution in [0.25, 0.3) is 5.76 Å². The van der Waals surface area contributed by atoms with Crippen molar-refractivity contribution in [1.29, 1.82) is 0 Å². The number of Topliss-reactive ketones (excluding diaryl/α,β-unsaturated/α-hetero) is 2. The minimum Gasteiger partial charge on any atom is -0.505 e. The van der Waals surface area contributed by atoms with Crippen molar-refractivity contribution < 1.29 is 19.4 Å². The van der Waals surface area contributed by atoms with Crippen LogP contribution in [0.3, 0.4) is 0 Å². The van der Waals surface area contributed by atoms with Crippen LogP contribution < -0.4 is 10.5 Å². The Labute approximate surface area is 144 Å².